The van der Waals surface area contributed by atoms with E-state index >= 15 is 0 Å². The van der Waals surface area contributed by atoms with Crippen molar-refractivity contribution >= 4 is 43.6 Å². The molecule has 0 unspecified atom stereocenters. The van der Waals surface area contributed by atoms with Gasteiger partial charge >= 0.3 is 0 Å². The second-order valence-corrected chi connectivity index (χ2v) is 9.91. The minimum Gasteiger partial charge on any atom is -0.309 e. The van der Waals surface area contributed by atoms with Crippen LogP contribution in [0.15, 0.2) is 122 Å². The summed E-state index contributed by atoms with van der Waals surface area (Å²) in [7, 11) is 0. The van der Waals surface area contributed by atoms with Gasteiger partial charge in [-0.3, -0.25) is 0 Å². The zero-order valence-electron chi connectivity index (χ0n) is 21.3. The summed E-state index contributed by atoms with van der Waals surface area (Å²) in [6, 6.07) is 39.1. The molecular formula is C34H23N5. The van der Waals surface area contributed by atoms with Crippen LogP contribution in [0.25, 0.3) is 66.4 Å². The smallest absolute Gasteiger partial charge is 0.162 e. The van der Waals surface area contributed by atoms with Crippen LogP contribution >= 0.6 is 0 Å². The van der Waals surface area contributed by atoms with Crippen molar-refractivity contribution in [2.75, 3.05) is 0 Å². The number of hydrogen-bond donors (Lipinski definition) is 0. The molecule has 0 aliphatic rings. The maximum absolute atomic E-state index is 4.43. The molecule has 184 valence electrons. The number of nitrogens with zero attached hydrogens (tertiary/aromatic N) is 5. The lowest BCUT2D eigenvalue weighted by atomic mass is 10.0. The van der Waals surface area contributed by atoms with Gasteiger partial charge in [0.2, 0.25) is 0 Å². The third kappa shape index (κ3) is 3.23. The summed E-state index contributed by atoms with van der Waals surface area (Å²) in [4.78, 5) is 12.9. The van der Waals surface area contributed by atoms with Crippen molar-refractivity contribution in [1.29, 1.82) is 0 Å². The molecule has 0 saturated carbocycles. The average Bonchev–Trinajstić information content (AvgIpc) is 3.51. The first kappa shape index (κ1) is 21.8. The topological polar surface area (TPSA) is 48.5 Å². The molecule has 3 heterocycles. The molecule has 0 aliphatic carbocycles. The normalized spacial score (nSPS) is 11.7. The van der Waals surface area contributed by atoms with Crippen molar-refractivity contribution in [2.45, 2.75) is 6.92 Å². The van der Waals surface area contributed by atoms with Gasteiger partial charge in [-0.1, -0.05) is 54.1 Å². The molecule has 0 saturated heterocycles. The van der Waals surface area contributed by atoms with Crippen molar-refractivity contribution in [2.24, 2.45) is 0 Å². The molecular weight excluding hydrogens is 478 g/mol. The van der Waals surface area contributed by atoms with Gasteiger partial charge in [-0.25, -0.2) is 15.0 Å². The maximum atomic E-state index is 4.43. The minimum absolute atomic E-state index is 0.669. The summed E-state index contributed by atoms with van der Waals surface area (Å²) in [5, 5.41) is 4.88. The first-order valence-corrected chi connectivity index (χ1v) is 13.0. The number of aryl methyl sites for hydroxylation is 1. The van der Waals surface area contributed by atoms with E-state index < -0.39 is 0 Å². The van der Waals surface area contributed by atoms with Crippen LogP contribution in [0.5, 0.6) is 0 Å². The zero-order chi connectivity index (χ0) is 25.9. The van der Waals surface area contributed by atoms with Gasteiger partial charge < -0.3 is 9.13 Å². The molecule has 5 aromatic carbocycles. The summed E-state index contributed by atoms with van der Waals surface area (Å²) in [5.41, 5.74) is 9.19. The predicted octanol–water partition coefficient (Wildman–Crippen LogP) is 8.04. The van der Waals surface area contributed by atoms with E-state index in [9.17, 15) is 0 Å². The number of rotatable bonds is 3. The molecule has 8 aromatic rings. The van der Waals surface area contributed by atoms with Crippen molar-refractivity contribution in [1.82, 2.24) is 24.1 Å². The van der Waals surface area contributed by atoms with Crippen molar-refractivity contribution < 1.29 is 0 Å². The van der Waals surface area contributed by atoms with E-state index in [1.54, 1.807) is 12.7 Å². The molecule has 8 rings (SSSR count). The van der Waals surface area contributed by atoms with Crippen LogP contribution in [0, 0.1) is 6.92 Å². The van der Waals surface area contributed by atoms with Gasteiger partial charge in [0.15, 0.2) is 5.82 Å². The lowest BCUT2D eigenvalue weighted by molar-refractivity contribution is 1.06. The number of fused-ring (bicyclic) bond motifs is 7. The molecule has 0 spiro atoms. The van der Waals surface area contributed by atoms with E-state index in [0.29, 0.717) is 5.82 Å². The summed E-state index contributed by atoms with van der Waals surface area (Å²) in [5.74, 6) is 0.669. The van der Waals surface area contributed by atoms with Gasteiger partial charge in [0, 0.05) is 38.5 Å². The highest BCUT2D eigenvalue weighted by atomic mass is 15.0. The Hall–Kier alpha value is -5.29. The Morgan fingerprint density at radius 1 is 0.513 bits per heavy atom. The first-order chi connectivity index (χ1) is 19.3. The number of hydrogen-bond acceptors (Lipinski definition) is 3. The highest BCUT2D eigenvalue weighted by molar-refractivity contribution is 6.29. The molecule has 0 atom stereocenters. The largest absolute Gasteiger partial charge is 0.309 e. The lowest BCUT2D eigenvalue weighted by Crippen LogP contribution is -1.95. The fourth-order valence-corrected chi connectivity index (χ4v) is 5.92. The summed E-state index contributed by atoms with van der Waals surface area (Å²) >= 11 is 0. The third-order valence-corrected chi connectivity index (χ3v) is 7.62. The van der Waals surface area contributed by atoms with Crippen LogP contribution in [0.4, 0.5) is 0 Å². The molecule has 5 nitrogen and oxygen atoms in total. The highest BCUT2D eigenvalue weighted by Gasteiger charge is 2.21. The maximum Gasteiger partial charge on any atom is 0.162 e. The van der Waals surface area contributed by atoms with Crippen molar-refractivity contribution in [3.8, 4) is 22.8 Å². The van der Waals surface area contributed by atoms with Crippen LogP contribution in [-0.4, -0.2) is 24.1 Å². The Morgan fingerprint density at radius 2 is 1.10 bits per heavy atom. The predicted molar refractivity (Wildman–Crippen MR) is 159 cm³/mol. The molecule has 0 amide bonds. The van der Waals surface area contributed by atoms with E-state index in [1.165, 1.54) is 43.7 Å². The second-order valence-electron chi connectivity index (χ2n) is 9.91. The third-order valence-electron chi connectivity index (χ3n) is 7.62. The Morgan fingerprint density at radius 3 is 1.85 bits per heavy atom. The average molecular weight is 502 g/mol. The fraction of sp³-hybridized carbons (Fsp3) is 0.0294. The van der Waals surface area contributed by atoms with Crippen LogP contribution in [-0.2, 0) is 0 Å². The molecule has 0 bridgehead atoms. The molecule has 0 aliphatic heterocycles. The second kappa shape index (κ2) is 8.36. The standard InChI is InChI=1S/C34H23N5/c1-22-11-14-25(15-12-22)39-29-16-13-23(34-36-20-35-21-37-34)19-27(29)33-31(39)18-17-30-32(33)26-9-5-6-10-28(26)38(30)24-7-3-2-4-8-24/h2-21H,1H3. The lowest BCUT2D eigenvalue weighted by Gasteiger charge is -2.09. The van der Waals surface area contributed by atoms with Crippen LogP contribution in [0.1, 0.15) is 5.56 Å². The Kier molecular flexibility index (Phi) is 4.67. The number of para-hydroxylation sites is 2. The highest BCUT2D eigenvalue weighted by Crippen LogP contribution is 2.43. The van der Waals surface area contributed by atoms with Crippen molar-refractivity contribution in [3.05, 3.63) is 127 Å². The minimum atomic E-state index is 0.669. The van der Waals surface area contributed by atoms with Gasteiger partial charge in [0.1, 0.15) is 12.7 Å². The molecule has 5 heteroatoms. The van der Waals surface area contributed by atoms with Crippen LogP contribution in [0.3, 0.4) is 0 Å². The summed E-state index contributed by atoms with van der Waals surface area (Å²) in [6.07, 6.45) is 3.10. The van der Waals surface area contributed by atoms with E-state index in [1.807, 2.05) is 0 Å². The number of aromatic nitrogens is 5. The Labute approximate surface area is 224 Å². The molecule has 3 aromatic heterocycles. The molecule has 39 heavy (non-hydrogen) atoms. The zero-order valence-corrected chi connectivity index (χ0v) is 21.3. The van der Waals surface area contributed by atoms with E-state index in [-0.39, 0.29) is 0 Å². The quantitative estimate of drug-likeness (QED) is 0.246. The Bertz CT molecular complexity index is 2160. The van der Waals surface area contributed by atoms with Gasteiger partial charge in [0.25, 0.3) is 0 Å². The van der Waals surface area contributed by atoms with Crippen LogP contribution < -0.4 is 0 Å². The summed E-state index contributed by atoms with van der Waals surface area (Å²) in [6.45, 7) is 2.12. The fourth-order valence-electron chi connectivity index (χ4n) is 5.92. The monoisotopic (exact) mass is 501 g/mol. The molecule has 0 N–H and O–H groups in total. The Balaban J connectivity index is 1.58. The van der Waals surface area contributed by atoms with E-state index in [0.717, 1.165) is 22.5 Å². The van der Waals surface area contributed by atoms with E-state index in [2.05, 4.69) is 140 Å². The SMILES string of the molecule is Cc1ccc(-n2c3ccc(-c4ncncn4)cc3c3c4c5ccccc5n(-c5ccccc5)c4ccc32)cc1. The van der Waals surface area contributed by atoms with Gasteiger partial charge in [-0.2, -0.15) is 0 Å². The summed E-state index contributed by atoms with van der Waals surface area (Å²) < 4.78 is 4.74. The van der Waals surface area contributed by atoms with Crippen molar-refractivity contribution in [3.63, 3.8) is 0 Å². The van der Waals surface area contributed by atoms with Gasteiger partial charge in [-0.15, -0.1) is 0 Å². The number of benzene rings is 5. The first-order valence-electron chi connectivity index (χ1n) is 13.0. The van der Waals surface area contributed by atoms with Gasteiger partial charge in [-0.05, 0) is 67.6 Å². The van der Waals surface area contributed by atoms with Crippen LogP contribution in [0.2, 0.25) is 0 Å². The van der Waals surface area contributed by atoms with E-state index in [4.69, 9.17) is 0 Å². The van der Waals surface area contributed by atoms with Gasteiger partial charge in [0.05, 0.1) is 22.1 Å². The molecule has 0 fully saturated rings. The molecule has 0 radical (unpaired) electrons.